The molecule has 0 aliphatic heterocycles. The molecule has 0 spiro atoms. The Bertz CT molecular complexity index is 355. The lowest BCUT2D eigenvalue weighted by Gasteiger charge is -2.07. The summed E-state index contributed by atoms with van der Waals surface area (Å²) < 4.78 is 4.76. The van der Waals surface area contributed by atoms with Crippen molar-refractivity contribution in [3.8, 4) is 0 Å². The quantitative estimate of drug-likeness (QED) is 0.657. The van der Waals surface area contributed by atoms with Gasteiger partial charge in [-0.05, 0) is 18.2 Å². The molecule has 0 aliphatic carbocycles. The molecule has 3 nitrogen and oxygen atoms in total. The van der Waals surface area contributed by atoms with Gasteiger partial charge in [0, 0.05) is 19.2 Å². The standard InChI is InChI=1S/C10H11Cl2NO2/c1-7(14)15-5-4-13-8-2-3-9(11)10(12)6-8/h2-3,6,13H,4-5H2,1H3. The summed E-state index contributed by atoms with van der Waals surface area (Å²) >= 11 is 11.6. The molecular formula is C10H11Cl2NO2. The van der Waals surface area contributed by atoms with Crippen LogP contribution in [0, 0.1) is 0 Å². The van der Waals surface area contributed by atoms with Crippen LogP contribution >= 0.6 is 23.2 Å². The summed E-state index contributed by atoms with van der Waals surface area (Å²) in [4.78, 5) is 10.5. The van der Waals surface area contributed by atoms with Crippen LogP contribution < -0.4 is 5.32 Å². The van der Waals surface area contributed by atoms with E-state index in [0.29, 0.717) is 23.2 Å². The fourth-order valence-corrected chi connectivity index (χ4v) is 1.29. The van der Waals surface area contributed by atoms with E-state index in [1.54, 1.807) is 12.1 Å². The van der Waals surface area contributed by atoms with Crippen molar-refractivity contribution in [2.24, 2.45) is 0 Å². The van der Waals surface area contributed by atoms with E-state index in [1.165, 1.54) is 6.92 Å². The van der Waals surface area contributed by atoms with Gasteiger partial charge in [-0.2, -0.15) is 0 Å². The highest BCUT2D eigenvalue weighted by Crippen LogP contribution is 2.24. The third-order valence-electron chi connectivity index (χ3n) is 1.66. The van der Waals surface area contributed by atoms with Crippen molar-refractivity contribution in [3.63, 3.8) is 0 Å². The van der Waals surface area contributed by atoms with Crippen LogP contribution in [0.5, 0.6) is 0 Å². The molecule has 82 valence electrons. The molecule has 1 rings (SSSR count). The first-order chi connectivity index (χ1) is 7.09. The minimum absolute atomic E-state index is 0.286. The largest absolute Gasteiger partial charge is 0.464 e. The highest BCUT2D eigenvalue weighted by molar-refractivity contribution is 6.42. The Morgan fingerprint density at radius 1 is 1.40 bits per heavy atom. The van der Waals surface area contributed by atoms with E-state index in [9.17, 15) is 4.79 Å². The fraction of sp³-hybridized carbons (Fsp3) is 0.300. The monoisotopic (exact) mass is 247 g/mol. The Labute approximate surface area is 98.3 Å². The van der Waals surface area contributed by atoms with Crippen LogP contribution in [0.2, 0.25) is 10.0 Å². The van der Waals surface area contributed by atoms with Crippen molar-refractivity contribution in [1.29, 1.82) is 0 Å². The van der Waals surface area contributed by atoms with Crippen molar-refractivity contribution in [3.05, 3.63) is 28.2 Å². The zero-order chi connectivity index (χ0) is 11.3. The third-order valence-corrected chi connectivity index (χ3v) is 2.40. The summed E-state index contributed by atoms with van der Waals surface area (Å²) in [5.74, 6) is -0.286. The lowest BCUT2D eigenvalue weighted by Crippen LogP contribution is -2.11. The second-order valence-electron chi connectivity index (χ2n) is 2.90. The molecule has 0 bridgehead atoms. The number of benzene rings is 1. The smallest absolute Gasteiger partial charge is 0.302 e. The van der Waals surface area contributed by atoms with Gasteiger partial charge in [-0.1, -0.05) is 23.2 Å². The van der Waals surface area contributed by atoms with Crippen LogP contribution in [0.25, 0.3) is 0 Å². The normalized spacial score (nSPS) is 9.80. The van der Waals surface area contributed by atoms with Gasteiger partial charge in [0.05, 0.1) is 10.0 Å². The van der Waals surface area contributed by atoms with Gasteiger partial charge in [-0.25, -0.2) is 0 Å². The van der Waals surface area contributed by atoms with Gasteiger partial charge >= 0.3 is 5.97 Å². The SMILES string of the molecule is CC(=O)OCCNc1ccc(Cl)c(Cl)c1. The number of nitrogens with one attached hydrogen (secondary N) is 1. The fourth-order valence-electron chi connectivity index (χ4n) is 0.996. The van der Waals surface area contributed by atoms with Crippen LogP contribution in [0.15, 0.2) is 18.2 Å². The minimum Gasteiger partial charge on any atom is -0.464 e. The first-order valence-corrected chi connectivity index (χ1v) is 5.17. The van der Waals surface area contributed by atoms with Gasteiger partial charge in [0.15, 0.2) is 0 Å². The molecule has 0 amide bonds. The molecule has 0 unspecified atom stereocenters. The molecule has 0 heterocycles. The molecule has 0 atom stereocenters. The number of esters is 1. The maximum atomic E-state index is 10.5. The topological polar surface area (TPSA) is 38.3 Å². The lowest BCUT2D eigenvalue weighted by molar-refractivity contribution is -0.140. The molecule has 0 aliphatic rings. The van der Waals surface area contributed by atoms with E-state index in [2.05, 4.69) is 5.32 Å². The van der Waals surface area contributed by atoms with Crippen molar-refractivity contribution < 1.29 is 9.53 Å². The predicted molar refractivity (Wildman–Crippen MR) is 61.6 cm³/mol. The molecule has 1 aromatic carbocycles. The summed E-state index contributed by atoms with van der Waals surface area (Å²) in [7, 11) is 0. The highest BCUT2D eigenvalue weighted by Gasteiger charge is 1.99. The summed E-state index contributed by atoms with van der Waals surface area (Å²) in [5.41, 5.74) is 0.844. The number of halogens is 2. The Balaban J connectivity index is 2.38. The van der Waals surface area contributed by atoms with E-state index in [4.69, 9.17) is 27.9 Å². The molecule has 0 saturated heterocycles. The zero-order valence-electron chi connectivity index (χ0n) is 8.22. The molecule has 15 heavy (non-hydrogen) atoms. The number of carbonyl (C=O) groups excluding carboxylic acids is 1. The second-order valence-corrected chi connectivity index (χ2v) is 3.71. The molecule has 1 aromatic rings. The maximum Gasteiger partial charge on any atom is 0.302 e. The molecule has 0 fully saturated rings. The Kier molecular flexibility index (Phi) is 4.72. The van der Waals surface area contributed by atoms with Crippen molar-refractivity contribution >= 4 is 34.9 Å². The van der Waals surface area contributed by atoms with Crippen molar-refractivity contribution in [1.82, 2.24) is 0 Å². The molecule has 0 saturated carbocycles. The van der Waals surface area contributed by atoms with E-state index in [-0.39, 0.29) is 5.97 Å². The zero-order valence-corrected chi connectivity index (χ0v) is 9.73. The van der Waals surface area contributed by atoms with Gasteiger partial charge < -0.3 is 10.1 Å². The van der Waals surface area contributed by atoms with Gasteiger partial charge in [-0.3, -0.25) is 4.79 Å². The first kappa shape index (κ1) is 12.1. The summed E-state index contributed by atoms with van der Waals surface area (Å²) in [6, 6.07) is 5.23. The lowest BCUT2D eigenvalue weighted by atomic mass is 10.3. The van der Waals surface area contributed by atoms with Crippen molar-refractivity contribution in [2.45, 2.75) is 6.92 Å². The van der Waals surface area contributed by atoms with Crippen LogP contribution in [0.4, 0.5) is 5.69 Å². The molecule has 5 heteroatoms. The number of anilines is 1. The summed E-state index contributed by atoms with van der Waals surface area (Å²) in [6.45, 7) is 2.24. The molecule has 1 N–H and O–H groups in total. The van der Waals surface area contributed by atoms with Crippen LogP contribution in [-0.4, -0.2) is 19.1 Å². The summed E-state index contributed by atoms with van der Waals surface area (Å²) in [5, 5.41) is 4.06. The average molecular weight is 248 g/mol. The molecular weight excluding hydrogens is 237 g/mol. The van der Waals surface area contributed by atoms with Gasteiger partial charge in [0.1, 0.15) is 6.61 Å². The van der Waals surface area contributed by atoms with Gasteiger partial charge in [0.25, 0.3) is 0 Å². The van der Waals surface area contributed by atoms with Crippen molar-refractivity contribution in [2.75, 3.05) is 18.5 Å². The number of hydrogen-bond acceptors (Lipinski definition) is 3. The summed E-state index contributed by atoms with van der Waals surface area (Å²) in [6.07, 6.45) is 0. The predicted octanol–water partition coefficient (Wildman–Crippen LogP) is 2.97. The Morgan fingerprint density at radius 2 is 2.13 bits per heavy atom. The number of rotatable bonds is 4. The molecule has 0 radical (unpaired) electrons. The third kappa shape index (κ3) is 4.40. The van der Waals surface area contributed by atoms with Crippen LogP contribution in [0.1, 0.15) is 6.92 Å². The van der Waals surface area contributed by atoms with E-state index in [0.717, 1.165) is 5.69 Å². The minimum atomic E-state index is -0.286. The first-order valence-electron chi connectivity index (χ1n) is 4.42. The Hall–Kier alpha value is -0.930. The van der Waals surface area contributed by atoms with E-state index >= 15 is 0 Å². The second kappa shape index (κ2) is 5.83. The highest BCUT2D eigenvalue weighted by atomic mass is 35.5. The van der Waals surface area contributed by atoms with Crippen LogP contribution in [0.3, 0.4) is 0 Å². The van der Waals surface area contributed by atoms with Gasteiger partial charge in [0.2, 0.25) is 0 Å². The average Bonchev–Trinajstić information content (AvgIpc) is 2.18. The van der Waals surface area contributed by atoms with Crippen LogP contribution in [-0.2, 0) is 9.53 Å². The van der Waals surface area contributed by atoms with E-state index < -0.39 is 0 Å². The number of ether oxygens (including phenoxy) is 1. The number of carbonyl (C=O) groups is 1. The Morgan fingerprint density at radius 3 is 2.73 bits per heavy atom. The maximum absolute atomic E-state index is 10.5. The number of hydrogen-bond donors (Lipinski definition) is 1. The molecule has 0 aromatic heterocycles. The van der Waals surface area contributed by atoms with E-state index in [1.807, 2.05) is 6.07 Å². The van der Waals surface area contributed by atoms with Gasteiger partial charge in [-0.15, -0.1) is 0 Å².